The van der Waals surface area contributed by atoms with Crippen molar-refractivity contribution >= 4 is 23.6 Å². The Morgan fingerprint density at radius 3 is 2.87 bits per heavy atom. The van der Waals surface area contributed by atoms with E-state index < -0.39 is 5.97 Å². The number of amides is 1. The van der Waals surface area contributed by atoms with Gasteiger partial charge in [-0.15, -0.1) is 0 Å². The molecule has 0 aromatic carbocycles. The van der Waals surface area contributed by atoms with Crippen molar-refractivity contribution in [2.24, 2.45) is 0 Å². The second kappa shape index (κ2) is 4.88. The number of fused-ring (bicyclic) bond motifs is 1. The van der Waals surface area contributed by atoms with Crippen LogP contribution in [-0.2, 0) is 14.3 Å². The van der Waals surface area contributed by atoms with Gasteiger partial charge in [0.2, 0.25) is 5.91 Å². The van der Waals surface area contributed by atoms with E-state index in [0.29, 0.717) is 11.3 Å². The fourth-order valence-electron chi connectivity index (χ4n) is 1.55. The summed E-state index contributed by atoms with van der Waals surface area (Å²) in [6, 6.07) is 0. The van der Waals surface area contributed by atoms with Crippen LogP contribution in [-0.4, -0.2) is 35.9 Å². The van der Waals surface area contributed by atoms with E-state index in [1.165, 1.54) is 23.8 Å². The zero-order chi connectivity index (χ0) is 10.3. The molecule has 0 radical (unpaired) electrons. The molecule has 2 heterocycles. The number of ether oxygens (including phenoxy) is 1. The monoisotopic (exact) mass is 237 g/mol. The number of aliphatic carboxylic acids is 1. The summed E-state index contributed by atoms with van der Waals surface area (Å²) >= 11 is 1.36. The summed E-state index contributed by atoms with van der Waals surface area (Å²) in [5.74, 6) is -1.46. The van der Waals surface area contributed by atoms with Crippen LogP contribution in [0.5, 0.6) is 0 Å². The molecule has 7 heteroatoms. The predicted octanol–water partition coefficient (Wildman–Crippen LogP) is -4.10. The fraction of sp³-hybridized carbons (Fsp3) is 0.500. The van der Waals surface area contributed by atoms with E-state index in [4.69, 9.17) is 4.74 Å². The number of rotatable bonds is 3. The quantitative estimate of drug-likeness (QED) is 0.369. The number of carbonyl (C=O) groups excluding carboxylic acids is 2. The number of hydrogen-bond donors (Lipinski definition) is 0. The molecule has 0 aromatic rings. The Morgan fingerprint density at radius 2 is 2.40 bits per heavy atom. The first-order chi connectivity index (χ1) is 6.65. The summed E-state index contributed by atoms with van der Waals surface area (Å²) in [6.45, 7) is 0.217. The van der Waals surface area contributed by atoms with Gasteiger partial charge in [-0.25, -0.2) is 0 Å². The van der Waals surface area contributed by atoms with Crippen LogP contribution in [0.3, 0.4) is 0 Å². The standard InChI is InChI=1S/C8H9NO4S.Na/c1-13-3-4-7(8(11)12)9-5(10)2-6(9)14-4;/h6H,2-3H2,1H3,(H,11,12);/q;+1/p-1/t6-;/m1./s1. The van der Waals surface area contributed by atoms with Crippen LogP contribution in [0.15, 0.2) is 10.6 Å². The number of carboxylic acids is 1. The zero-order valence-electron chi connectivity index (χ0n) is 8.48. The van der Waals surface area contributed by atoms with Crippen molar-refractivity contribution in [2.75, 3.05) is 13.7 Å². The number of nitrogens with zero attached hydrogens (tertiary/aromatic N) is 1. The van der Waals surface area contributed by atoms with Gasteiger partial charge in [-0.2, -0.15) is 0 Å². The van der Waals surface area contributed by atoms with Crippen molar-refractivity contribution in [3.63, 3.8) is 0 Å². The predicted molar refractivity (Wildman–Crippen MR) is 46.8 cm³/mol. The molecule has 0 aliphatic carbocycles. The smallest absolute Gasteiger partial charge is 0.543 e. The van der Waals surface area contributed by atoms with Gasteiger partial charge >= 0.3 is 29.6 Å². The molecule has 1 saturated heterocycles. The average Bonchev–Trinajstić information content (AvgIpc) is 2.39. The maximum atomic E-state index is 11.1. The number of hydrogen-bond acceptors (Lipinski definition) is 5. The molecule has 5 nitrogen and oxygen atoms in total. The van der Waals surface area contributed by atoms with Gasteiger partial charge in [0.1, 0.15) is 0 Å². The summed E-state index contributed by atoms with van der Waals surface area (Å²) in [7, 11) is 1.48. The molecule has 2 aliphatic heterocycles. The summed E-state index contributed by atoms with van der Waals surface area (Å²) in [5.41, 5.74) is -0.0156. The van der Waals surface area contributed by atoms with E-state index in [9.17, 15) is 14.7 Å². The van der Waals surface area contributed by atoms with E-state index in [0.717, 1.165) is 0 Å². The first-order valence-electron chi connectivity index (χ1n) is 4.07. The number of methoxy groups -OCH3 is 1. The molecule has 0 spiro atoms. The van der Waals surface area contributed by atoms with Gasteiger partial charge in [0, 0.05) is 12.0 Å². The maximum Gasteiger partial charge on any atom is 1.00 e. The Kier molecular flexibility index (Phi) is 4.25. The molecule has 76 valence electrons. The van der Waals surface area contributed by atoms with Crippen LogP contribution < -0.4 is 34.7 Å². The van der Waals surface area contributed by atoms with E-state index in [-0.39, 0.29) is 53.1 Å². The molecule has 1 atom stereocenters. The van der Waals surface area contributed by atoms with Crippen molar-refractivity contribution in [2.45, 2.75) is 11.8 Å². The van der Waals surface area contributed by atoms with Gasteiger partial charge in [0.05, 0.1) is 30.1 Å². The second-order valence-electron chi connectivity index (χ2n) is 3.03. The second-order valence-corrected chi connectivity index (χ2v) is 4.31. The normalized spacial score (nSPS) is 23.4. The summed E-state index contributed by atoms with van der Waals surface area (Å²) in [4.78, 5) is 23.8. The topological polar surface area (TPSA) is 69.7 Å². The van der Waals surface area contributed by atoms with Crippen molar-refractivity contribution in [3.8, 4) is 0 Å². The van der Waals surface area contributed by atoms with E-state index in [1.807, 2.05) is 0 Å². The van der Waals surface area contributed by atoms with Crippen molar-refractivity contribution in [3.05, 3.63) is 10.6 Å². The van der Waals surface area contributed by atoms with Gasteiger partial charge in [-0.3, -0.25) is 9.69 Å². The van der Waals surface area contributed by atoms with Crippen LogP contribution in [0, 0.1) is 0 Å². The Hall–Kier alpha value is -0.0100. The number of β-lactam (4-membered cyclic amide) rings is 1. The van der Waals surface area contributed by atoms with E-state index >= 15 is 0 Å². The molecule has 0 bridgehead atoms. The Labute approximate surface area is 113 Å². The van der Waals surface area contributed by atoms with Crippen molar-refractivity contribution < 1.29 is 49.0 Å². The number of thioether (sulfide) groups is 1. The van der Waals surface area contributed by atoms with Gasteiger partial charge in [-0.1, -0.05) is 11.8 Å². The number of carboxylic acid groups (broad SMARTS) is 1. The minimum atomic E-state index is -1.31. The minimum absolute atomic E-state index is 0. The summed E-state index contributed by atoms with van der Waals surface area (Å²) in [5, 5.41) is 10.7. The minimum Gasteiger partial charge on any atom is -0.543 e. The summed E-state index contributed by atoms with van der Waals surface area (Å²) < 4.78 is 4.86. The molecule has 0 unspecified atom stereocenters. The average molecular weight is 237 g/mol. The Morgan fingerprint density at radius 1 is 1.73 bits per heavy atom. The van der Waals surface area contributed by atoms with E-state index in [2.05, 4.69) is 0 Å². The van der Waals surface area contributed by atoms with Crippen LogP contribution in [0.1, 0.15) is 6.42 Å². The molecule has 2 aliphatic rings. The molecular weight excluding hydrogens is 229 g/mol. The third-order valence-corrected chi connectivity index (χ3v) is 3.40. The first kappa shape index (κ1) is 13.1. The first-order valence-corrected chi connectivity index (χ1v) is 4.95. The van der Waals surface area contributed by atoms with Crippen molar-refractivity contribution in [1.29, 1.82) is 0 Å². The third kappa shape index (κ3) is 2.09. The van der Waals surface area contributed by atoms with Gasteiger partial charge in [0.15, 0.2) is 0 Å². The van der Waals surface area contributed by atoms with Crippen LogP contribution in [0.4, 0.5) is 0 Å². The van der Waals surface area contributed by atoms with Gasteiger partial charge < -0.3 is 14.6 Å². The van der Waals surface area contributed by atoms with Crippen molar-refractivity contribution in [1.82, 2.24) is 4.90 Å². The molecule has 2 rings (SSSR count). The summed E-state index contributed by atoms with van der Waals surface area (Å²) in [6.07, 6.45) is 0.397. The molecule has 1 amide bonds. The van der Waals surface area contributed by atoms with Gasteiger partial charge in [0.25, 0.3) is 0 Å². The third-order valence-electron chi connectivity index (χ3n) is 2.16. The number of carbonyl (C=O) groups is 2. The van der Waals surface area contributed by atoms with Gasteiger partial charge in [-0.05, 0) is 0 Å². The zero-order valence-corrected chi connectivity index (χ0v) is 11.3. The van der Waals surface area contributed by atoms with Crippen LogP contribution in [0.25, 0.3) is 0 Å². The van der Waals surface area contributed by atoms with Crippen LogP contribution >= 0.6 is 11.8 Å². The SMILES string of the molecule is COCC1=C(C(=O)[O-])N2C(=O)C[C@H]2S1.[Na+]. The van der Waals surface area contributed by atoms with Crippen LogP contribution in [0.2, 0.25) is 0 Å². The Bertz CT molecular complexity index is 344. The molecule has 0 saturated carbocycles. The largest absolute Gasteiger partial charge is 1.00 e. The molecule has 0 aromatic heterocycles. The van der Waals surface area contributed by atoms with E-state index in [1.54, 1.807) is 0 Å². The molecule has 0 N–H and O–H groups in total. The molecule has 1 fully saturated rings. The Balaban J connectivity index is 0.00000112. The fourth-order valence-corrected chi connectivity index (χ4v) is 2.91. The molecule has 15 heavy (non-hydrogen) atoms. The maximum absolute atomic E-state index is 11.1. The molecular formula is C8H8NNaO4S.